The third kappa shape index (κ3) is 5.81. The molecular formula is C14H18ClN3O2. The van der Waals surface area contributed by atoms with E-state index in [1.807, 2.05) is 6.07 Å². The van der Waals surface area contributed by atoms with Gasteiger partial charge in [0.25, 0.3) is 0 Å². The molecule has 0 heterocycles. The number of carbonyl (C=O) groups excluding carboxylic acids is 1. The molecule has 1 amide bonds. The number of benzene rings is 1. The van der Waals surface area contributed by atoms with Crippen molar-refractivity contribution in [2.75, 3.05) is 11.9 Å². The van der Waals surface area contributed by atoms with Gasteiger partial charge in [-0.05, 0) is 32.9 Å². The number of nitrogens with one attached hydrogen (secondary N) is 2. The third-order valence-corrected chi connectivity index (χ3v) is 2.54. The van der Waals surface area contributed by atoms with Gasteiger partial charge in [0.2, 0.25) is 0 Å². The molecule has 0 saturated carbocycles. The number of halogens is 1. The van der Waals surface area contributed by atoms with Gasteiger partial charge in [0.1, 0.15) is 11.6 Å². The fourth-order valence-corrected chi connectivity index (χ4v) is 1.58. The first-order valence-electron chi connectivity index (χ1n) is 6.19. The van der Waals surface area contributed by atoms with E-state index in [1.165, 1.54) is 0 Å². The van der Waals surface area contributed by atoms with Crippen LogP contribution in [0.3, 0.4) is 0 Å². The van der Waals surface area contributed by atoms with E-state index in [2.05, 4.69) is 16.7 Å². The Labute approximate surface area is 123 Å². The van der Waals surface area contributed by atoms with Crippen molar-refractivity contribution < 1.29 is 9.53 Å². The summed E-state index contributed by atoms with van der Waals surface area (Å²) in [5.74, 6) is 0. The average Bonchev–Trinajstić information content (AvgIpc) is 2.34. The van der Waals surface area contributed by atoms with Crippen LogP contribution in [0.1, 0.15) is 20.8 Å². The molecule has 20 heavy (non-hydrogen) atoms. The molecule has 1 rings (SSSR count). The molecule has 2 N–H and O–H groups in total. The highest BCUT2D eigenvalue weighted by molar-refractivity contribution is 6.33. The maximum atomic E-state index is 11.5. The second-order valence-electron chi connectivity index (χ2n) is 5.19. The van der Waals surface area contributed by atoms with Crippen molar-refractivity contribution in [2.45, 2.75) is 32.4 Å². The van der Waals surface area contributed by atoms with Crippen LogP contribution in [0.5, 0.6) is 0 Å². The quantitative estimate of drug-likeness (QED) is 0.895. The van der Waals surface area contributed by atoms with Crippen LogP contribution < -0.4 is 10.6 Å². The zero-order chi connectivity index (χ0) is 15.2. The maximum absolute atomic E-state index is 11.5. The molecule has 6 heteroatoms. The second kappa shape index (κ2) is 7.01. The number of carbonyl (C=O) groups is 1. The lowest BCUT2D eigenvalue weighted by molar-refractivity contribution is 0.0527. The SMILES string of the molecule is CC(C)(C)OC(=O)NCC(C#N)Nc1ccccc1Cl. The third-order valence-electron chi connectivity index (χ3n) is 2.21. The van der Waals surface area contributed by atoms with E-state index >= 15 is 0 Å². The van der Waals surface area contributed by atoms with Crippen LogP contribution in [0, 0.1) is 11.3 Å². The molecule has 0 aliphatic heterocycles. The van der Waals surface area contributed by atoms with Gasteiger partial charge in [-0.1, -0.05) is 23.7 Å². The zero-order valence-corrected chi connectivity index (χ0v) is 12.5. The minimum atomic E-state index is -0.595. The number of nitriles is 1. The second-order valence-corrected chi connectivity index (χ2v) is 5.60. The first-order chi connectivity index (χ1) is 9.31. The molecule has 0 spiro atoms. The number of nitrogens with zero attached hydrogens (tertiary/aromatic N) is 1. The summed E-state index contributed by atoms with van der Waals surface area (Å²) in [5.41, 5.74) is 0.0780. The molecule has 0 radical (unpaired) electrons. The number of hydrogen-bond donors (Lipinski definition) is 2. The fourth-order valence-electron chi connectivity index (χ4n) is 1.39. The molecule has 1 aromatic carbocycles. The molecular weight excluding hydrogens is 278 g/mol. The molecule has 0 aliphatic carbocycles. The first-order valence-corrected chi connectivity index (χ1v) is 6.57. The van der Waals surface area contributed by atoms with E-state index in [4.69, 9.17) is 21.6 Å². The Morgan fingerprint density at radius 2 is 2.10 bits per heavy atom. The standard InChI is InChI=1S/C14H18ClN3O2/c1-14(2,3)20-13(19)17-9-10(8-16)18-12-7-5-4-6-11(12)15/h4-7,10,18H,9H2,1-3H3,(H,17,19). The Kier molecular flexibility index (Phi) is 5.66. The molecule has 0 fully saturated rings. The van der Waals surface area contributed by atoms with Gasteiger partial charge in [-0.3, -0.25) is 0 Å². The van der Waals surface area contributed by atoms with E-state index in [0.29, 0.717) is 10.7 Å². The highest BCUT2D eigenvalue weighted by atomic mass is 35.5. The van der Waals surface area contributed by atoms with Crippen LogP contribution in [-0.4, -0.2) is 24.3 Å². The lowest BCUT2D eigenvalue weighted by Gasteiger charge is -2.21. The summed E-state index contributed by atoms with van der Waals surface area (Å²) in [5, 5.41) is 15.1. The van der Waals surface area contributed by atoms with Crippen molar-refractivity contribution in [3.63, 3.8) is 0 Å². The predicted molar refractivity (Wildman–Crippen MR) is 78.7 cm³/mol. The van der Waals surface area contributed by atoms with Crippen molar-refractivity contribution in [3.05, 3.63) is 29.3 Å². The molecule has 5 nitrogen and oxygen atoms in total. The Hall–Kier alpha value is -1.93. The van der Waals surface area contributed by atoms with E-state index < -0.39 is 17.7 Å². The number of rotatable bonds is 4. The largest absolute Gasteiger partial charge is 0.444 e. The number of ether oxygens (including phenoxy) is 1. The van der Waals surface area contributed by atoms with Crippen LogP contribution in [0.15, 0.2) is 24.3 Å². The number of para-hydroxylation sites is 1. The van der Waals surface area contributed by atoms with Crippen molar-refractivity contribution in [1.82, 2.24) is 5.32 Å². The zero-order valence-electron chi connectivity index (χ0n) is 11.7. The molecule has 1 atom stereocenters. The molecule has 0 aromatic heterocycles. The molecule has 0 saturated heterocycles. The number of anilines is 1. The monoisotopic (exact) mass is 295 g/mol. The number of amides is 1. The Morgan fingerprint density at radius 1 is 1.45 bits per heavy atom. The normalized spacial score (nSPS) is 12.2. The number of alkyl carbamates (subject to hydrolysis) is 1. The predicted octanol–water partition coefficient (Wildman–Crippen LogP) is 3.17. The van der Waals surface area contributed by atoms with Crippen LogP contribution >= 0.6 is 11.6 Å². The van der Waals surface area contributed by atoms with Gasteiger partial charge in [0.05, 0.1) is 23.3 Å². The summed E-state index contributed by atoms with van der Waals surface area (Å²) < 4.78 is 5.09. The molecule has 0 bridgehead atoms. The minimum absolute atomic E-state index is 0.122. The molecule has 1 unspecified atom stereocenters. The summed E-state index contributed by atoms with van der Waals surface area (Å²) in [6.45, 7) is 5.44. The summed E-state index contributed by atoms with van der Waals surface area (Å²) in [7, 11) is 0. The Balaban J connectivity index is 2.51. The van der Waals surface area contributed by atoms with Gasteiger partial charge in [0, 0.05) is 0 Å². The molecule has 108 valence electrons. The smallest absolute Gasteiger partial charge is 0.407 e. The minimum Gasteiger partial charge on any atom is -0.444 e. The summed E-state index contributed by atoms with van der Waals surface area (Å²) >= 11 is 5.99. The van der Waals surface area contributed by atoms with Gasteiger partial charge < -0.3 is 15.4 Å². The van der Waals surface area contributed by atoms with Crippen LogP contribution in [-0.2, 0) is 4.74 Å². The Morgan fingerprint density at radius 3 is 2.65 bits per heavy atom. The lowest BCUT2D eigenvalue weighted by Crippen LogP contribution is -2.39. The van der Waals surface area contributed by atoms with E-state index in [0.717, 1.165) is 0 Å². The van der Waals surface area contributed by atoms with Gasteiger partial charge in [-0.25, -0.2) is 4.79 Å². The summed E-state index contributed by atoms with van der Waals surface area (Å²) in [6.07, 6.45) is -0.557. The van der Waals surface area contributed by atoms with Gasteiger partial charge in [-0.2, -0.15) is 5.26 Å². The van der Waals surface area contributed by atoms with Crippen molar-refractivity contribution in [1.29, 1.82) is 5.26 Å². The van der Waals surface area contributed by atoms with E-state index in [1.54, 1.807) is 39.0 Å². The van der Waals surface area contributed by atoms with Crippen LogP contribution in [0.2, 0.25) is 5.02 Å². The van der Waals surface area contributed by atoms with E-state index in [-0.39, 0.29) is 6.54 Å². The van der Waals surface area contributed by atoms with Crippen molar-refractivity contribution in [3.8, 4) is 6.07 Å². The lowest BCUT2D eigenvalue weighted by atomic mass is 10.2. The highest BCUT2D eigenvalue weighted by Crippen LogP contribution is 2.20. The summed E-state index contributed by atoms with van der Waals surface area (Å²) in [4.78, 5) is 11.5. The van der Waals surface area contributed by atoms with Gasteiger partial charge in [-0.15, -0.1) is 0 Å². The van der Waals surface area contributed by atoms with Crippen LogP contribution in [0.4, 0.5) is 10.5 Å². The Bertz CT molecular complexity index is 506. The molecule has 1 aromatic rings. The number of hydrogen-bond acceptors (Lipinski definition) is 4. The molecule has 0 aliphatic rings. The highest BCUT2D eigenvalue weighted by Gasteiger charge is 2.17. The topological polar surface area (TPSA) is 74.1 Å². The van der Waals surface area contributed by atoms with Crippen LogP contribution in [0.25, 0.3) is 0 Å². The first kappa shape index (κ1) is 16.1. The average molecular weight is 296 g/mol. The summed E-state index contributed by atoms with van der Waals surface area (Å²) in [6, 6.07) is 8.56. The van der Waals surface area contributed by atoms with Crippen molar-refractivity contribution in [2.24, 2.45) is 0 Å². The van der Waals surface area contributed by atoms with Gasteiger partial charge in [0.15, 0.2) is 0 Å². The van der Waals surface area contributed by atoms with E-state index in [9.17, 15) is 4.79 Å². The van der Waals surface area contributed by atoms with Crippen molar-refractivity contribution >= 4 is 23.4 Å². The fraction of sp³-hybridized carbons (Fsp3) is 0.429. The maximum Gasteiger partial charge on any atom is 0.407 e. The van der Waals surface area contributed by atoms with Gasteiger partial charge >= 0.3 is 6.09 Å².